The van der Waals surface area contributed by atoms with Crippen molar-refractivity contribution in [3.63, 3.8) is 0 Å². The lowest BCUT2D eigenvalue weighted by molar-refractivity contribution is -0.360. The van der Waals surface area contributed by atoms with E-state index in [2.05, 4.69) is 29.2 Å². The van der Waals surface area contributed by atoms with Crippen LogP contribution in [0.3, 0.4) is 0 Å². The van der Waals surface area contributed by atoms with E-state index in [1.807, 2.05) is 110 Å². The number of aromatic nitrogens is 1. The van der Waals surface area contributed by atoms with Crippen molar-refractivity contribution in [2.75, 3.05) is 11.9 Å². The minimum atomic E-state index is -4.17. The number of nitrogens with zero attached hydrogens (tertiary/aromatic N) is 3. The molecule has 194 valence electrons. The molecule has 1 aromatic heterocycles. The molecular formula is C34H26BF2N3. The van der Waals surface area contributed by atoms with E-state index in [0.29, 0.717) is 22.8 Å². The molecule has 0 bridgehead atoms. The average molecular weight is 525 g/mol. The highest BCUT2D eigenvalue weighted by atomic mass is 19.2. The maximum absolute atomic E-state index is 16.7. The molecule has 0 spiro atoms. The van der Waals surface area contributed by atoms with Gasteiger partial charge in [-0.25, -0.2) is 0 Å². The number of halogens is 2. The molecule has 3 aliphatic heterocycles. The Balaban J connectivity index is 1.39. The van der Waals surface area contributed by atoms with Gasteiger partial charge in [0.25, 0.3) is 0 Å². The Morgan fingerprint density at radius 2 is 1.38 bits per heavy atom. The van der Waals surface area contributed by atoms with Crippen molar-refractivity contribution in [1.29, 1.82) is 0 Å². The van der Waals surface area contributed by atoms with Crippen LogP contribution in [0.5, 0.6) is 0 Å². The van der Waals surface area contributed by atoms with Gasteiger partial charge in [0.2, 0.25) is 0 Å². The Morgan fingerprint density at radius 1 is 0.700 bits per heavy atom. The zero-order chi connectivity index (χ0) is 27.3. The van der Waals surface area contributed by atoms with Crippen molar-refractivity contribution < 1.29 is 13.1 Å². The number of likely N-dealkylation sites (N-methyl/N-ethyl adjacent to an activating group) is 1. The smallest absolute Gasteiger partial charge is 0.389 e. The molecule has 0 saturated heterocycles. The number of anilines is 1. The Morgan fingerprint density at radius 3 is 2.15 bits per heavy atom. The SMILES string of the molecule is CN1/C(=C\C=C\C2=C3C=CC(c4ccccc4)=[N+]3[B-](F)(F)n3c2ccc3-c2ccccc2)C=Cc2ccccc21. The monoisotopic (exact) mass is 525 g/mol. The molecule has 0 unspecified atom stereocenters. The lowest BCUT2D eigenvalue weighted by Gasteiger charge is -2.33. The highest BCUT2D eigenvalue weighted by Crippen LogP contribution is 2.41. The minimum absolute atomic E-state index is 0.495. The normalized spacial score (nSPS) is 18.1. The second kappa shape index (κ2) is 9.35. The molecule has 0 aliphatic carbocycles. The molecule has 6 heteroatoms. The van der Waals surface area contributed by atoms with Crippen LogP contribution in [0, 0.1) is 0 Å². The van der Waals surface area contributed by atoms with Crippen molar-refractivity contribution >= 4 is 30.0 Å². The molecule has 0 fully saturated rings. The zero-order valence-corrected chi connectivity index (χ0v) is 22.0. The second-order valence-electron chi connectivity index (χ2n) is 10.1. The van der Waals surface area contributed by atoms with Crippen LogP contribution in [0.25, 0.3) is 22.9 Å². The van der Waals surface area contributed by atoms with Crippen LogP contribution in [0.15, 0.2) is 145 Å². The van der Waals surface area contributed by atoms with Gasteiger partial charge < -0.3 is 22.5 Å². The maximum Gasteiger partial charge on any atom is 0.737 e. The minimum Gasteiger partial charge on any atom is -0.389 e. The summed E-state index contributed by atoms with van der Waals surface area (Å²) in [5.41, 5.74) is 7.55. The molecule has 3 nitrogen and oxygen atoms in total. The van der Waals surface area contributed by atoms with Crippen molar-refractivity contribution in [2.24, 2.45) is 0 Å². The predicted octanol–water partition coefficient (Wildman–Crippen LogP) is 7.78. The summed E-state index contributed by atoms with van der Waals surface area (Å²) in [4.78, 5) is 2.13. The fourth-order valence-electron chi connectivity index (χ4n) is 5.88. The van der Waals surface area contributed by atoms with Gasteiger partial charge in [-0.15, -0.1) is 0 Å². The van der Waals surface area contributed by atoms with Gasteiger partial charge >= 0.3 is 6.97 Å². The summed E-state index contributed by atoms with van der Waals surface area (Å²) >= 11 is 0. The fraction of sp³-hybridized carbons (Fsp3) is 0.0294. The largest absolute Gasteiger partial charge is 0.737 e. The number of para-hydroxylation sites is 1. The van der Waals surface area contributed by atoms with E-state index in [1.54, 1.807) is 12.1 Å². The van der Waals surface area contributed by atoms with E-state index < -0.39 is 6.97 Å². The summed E-state index contributed by atoms with van der Waals surface area (Å²) in [6.07, 6.45) is 13.7. The molecule has 0 amide bonds. The number of hydrogen-bond donors (Lipinski definition) is 0. The third-order valence-corrected chi connectivity index (χ3v) is 7.80. The van der Waals surface area contributed by atoms with Gasteiger partial charge in [-0.05, 0) is 59.7 Å². The van der Waals surface area contributed by atoms with Crippen molar-refractivity contribution in [2.45, 2.75) is 0 Å². The van der Waals surface area contributed by atoms with E-state index in [4.69, 9.17) is 0 Å². The molecule has 3 aromatic carbocycles. The first kappa shape index (κ1) is 24.1. The summed E-state index contributed by atoms with van der Waals surface area (Å²) in [6, 6.07) is 30.7. The molecule has 4 heterocycles. The molecule has 0 saturated carbocycles. The number of hydrogen-bond acceptors (Lipinski definition) is 1. The topological polar surface area (TPSA) is 11.2 Å². The van der Waals surface area contributed by atoms with E-state index in [-0.39, 0.29) is 0 Å². The number of fused-ring (bicyclic) bond motifs is 3. The molecule has 0 N–H and O–H groups in total. The highest BCUT2D eigenvalue weighted by Gasteiger charge is 2.54. The van der Waals surface area contributed by atoms with E-state index >= 15 is 8.63 Å². The summed E-state index contributed by atoms with van der Waals surface area (Å²) in [5, 5.41) is 0. The maximum atomic E-state index is 16.7. The molecule has 3 aliphatic rings. The van der Waals surface area contributed by atoms with Gasteiger partial charge in [0.1, 0.15) is 0 Å². The second-order valence-corrected chi connectivity index (χ2v) is 10.1. The van der Waals surface area contributed by atoms with Gasteiger partial charge in [-0.1, -0.05) is 78.9 Å². The van der Waals surface area contributed by atoms with Gasteiger partial charge in [0.05, 0.1) is 5.57 Å². The molecular weight excluding hydrogens is 499 g/mol. The fourth-order valence-corrected chi connectivity index (χ4v) is 5.88. The van der Waals surface area contributed by atoms with Crippen LogP contribution in [-0.2, 0) is 0 Å². The van der Waals surface area contributed by atoms with Crippen LogP contribution in [-0.4, -0.2) is 28.7 Å². The van der Waals surface area contributed by atoms with Gasteiger partial charge in [0.15, 0.2) is 11.4 Å². The van der Waals surface area contributed by atoms with E-state index in [1.165, 1.54) is 8.96 Å². The quantitative estimate of drug-likeness (QED) is 0.248. The first-order chi connectivity index (χ1) is 19.5. The third kappa shape index (κ3) is 3.75. The van der Waals surface area contributed by atoms with Crippen LogP contribution >= 0.6 is 0 Å². The molecule has 0 atom stereocenters. The van der Waals surface area contributed by atoms with Crippen molar-refractivity contribution in [1.82, 2.24) is 4.48 Å². The van der Waals surface area contributed by atoms with Crippen LogP contribution in [0.4, 0.5) is 14.3 Å². The Hall–Kier alpha value is -4.97. The first-order valence-corrected chi connectivity index (χ1v) is 13.4. The molecule has 7 rings (SSSR count). The van der Waals surface area contributed by atoms with Gasteiger partial charge in [0, 0.05) is 47.5 Å². The van der Waals surface area contributed by atoms with Crippen LogP contribution in [0.2, 0.25) is 0 Å². The van der Waals surface area contributed by atoms with E-state index in [0.717, 1.165) is 33.6 Å². The standard InChI is InChI=1S/C34H26BF2N3/c1-38-28(20-19-27-15-8-9-18-30(27)38)16-10-17-29-33-23-21-31(25-11-4-2-5-12-25)39(33)35(36,37)40-32(22-24-34(29)40)26-13-6-3-7-14-26/h2-24H,1H3/b17-10+,28-16-. The summed E-state index contributed by atoms with van der Waals surface area (Å²) in [5.74, 6) is 0. The molecule has 40 heavy (non-hydrogen) atoms. The molecule has 0 radical (unpaired) electrons. The highest BCUT2D eigenvalue weighted by molar-refractivity contribution is 6.59. The third-order valence-electron chi connectivity index (χ3n) is 7.80. The zero-order valence-electron chi connectivity index (χ0n) is 22.0. The van der Waals surface area contributed by atoms with Crippen molar-refractivity contribution in [3.8, 4) is 11.3 Å². The lowest BCUT2D eigenvalue weighted by atomic mass is 9.86. The Bertz CT molecular complexity index is 1820. The lowest BCUT2D eigenvalue weighted by Crippen LogP contribution is -2.51. The summed E-state index contributed by atoms with van der Waals surface area (Å²) < 4.78 is 35.8. The van der Waals surface area contributed by atoms with Gasteiger partial charge in [-0.2, -0.15) is 0 Å². The predicted molar refractivity (Wildman–Crippen MR) is 161 cm³/mol. The van der Waals surface area contributed by atoms with Crippen LogP contribution in [0.1, 0.15) is 16.8 Å². The number of allylic oxidation sites excluding steroid dienone is 7. The van der Waals surface area contributed by atoms with Crippen LogP contribution < -0.4 is 4.90 Å². The first-order valence-electron chi connectivity index (χ1n) is 13.4. The molecule has 4 aromatic rings. The van der Waals surface area contributed by atoms with Gasteiger partial charge in [-0.3, -0.25) is 0 Å². The number of rotatable bonds is 4. The van der Waals surface area contributed by atoms with Crippen molar-refractivity contribution in [3.05, 3.63) is 162 Å². The Kier molecular flexibility index (Phi) is 5.63. The Labute approximate surface area is 232 Å². The van der Waals surface area contributed by atoms with E-state index in [9.17, 15) is 0 Å². The summed E-state index contributed by atoms with van der Waals surface area (Å²) in [6.45, 7) is -4.17. The average Bonchev–Trinajstić information content (AvgIpc) is 3.64. The summed E-state index contributed by atoms with van der Waals surface area (Å²) in [7, 11) is 2.04. The number of benzene rings is 3.